The highest BCUT2D eigenvalue weighted by Crippen LogP contribution is 2.42. The van der Waals surface area contributed by atoms with Crippen LogP contribution < -0.4 is 0 Å². The summed E-state index contributed by atoms with van der Waals surface area (Å²) in [6.07, 6.45) is 5.15. The molecule has 0 bridgehead atoms. The molecule has 0 spiro atoms. The minimum atomic E-state index is -0.369. The Morgan fingerprint density at radius 3 is 2.79 bits per heavy atom. The van der Waals surface area contributed by atoms with E-state index in [-0.39, 0.29) is 5.60 Å². The largest absolute Gasteiger partial charge is 0.370 e. The summed E-state index contributed by atoms with van der Waals surface area (Å²) in [4.78, 5) is 9.15. The molecular formula is C14H20BrClN2O. The van der Waals surface area contributed by atoms with E-state index in [1.807, 2.05) is 0 Å². The molecular weight excluding hydrogens is 328 g/mol. The Balaban J connectivity index is 2.46. The first-order valence-corrected chi connectivity index (χ1v) is 7.97. The van der Waals surface area contributed by atoms with E-state index >= 15 is 0 Å². The highest BCUT2D eigenvalue weighted by molar-refractivity contribution is 9.10. The van der Waals surface area contributed by atoms with Crippen LogP contribution in [0.1, 0.15) is 51.0 Å². The molecule has 2 atom stereocenters. The molecule has 1 aromatic rings. The van der Waals surface area contributed by atoms with Crippen molar-refractivity contribution >= 4 is 27.5 Å². The third-order valence-electron chi connectivity index (χ3n) is 3.97. The second-order valence-electron chi connectivity index (χ2n) is 5.35. The van der Waals surface area contributed by atoms with Crippen molar-refractivity contribution in [3.8, 4) is 0 Å². The molecule has 1 fully saturated rings. The summed E-state index contributed by atoms with van der Waals surface area (Å²) in [5.74, 6) is 1.37. The highest BCUT2D eigenvalue weighted by atomic mass is 79.9. The van der Waals surface area contributed by atoms with E-state index in [4.69, 9.17) is 16.3 Å². The van der Waals surface area contributed by atoms with Crippen LogP contribution in [0, 0.1) is 5.92 Å². The number of hydrogen-bond acceptors (Lipinski definition) is 3. The van der Waals surface area contributed by atoms with Gasteiger partial charge in [-0.15, -0.1) is 0 Å². The third kappa shape index (κ3) is 2.96. The van der Waals surface area contributed by atoms with Gasteiger partial charge in [0.2, 0.25) is 0 Å². The van der Waals surface area contributed by atoms with Gasteiger partial charge in [0.15, 0.2) is 5.82 Å². The van der Waals surface area contributed by atoms with Crippen LogP contribution in [0.15, 0.2) is 4.47 Å². The molecule has 1 aliphatic rings. The monoisotopic (exact) mass is 346 g/mol. The fourth-order valence-corrected chi connectivity index (χ4v) is 3.53. The molecule has 1 aliphatic carbocycles. The molecule has 0 amide bonds. The molecule has 3 nitrogen and oxygen atoms in total. The topological polar surface area (TPSA) is 35.0 Å². The second-order valence-corrected chi connectivity index (χ2v) is 6.50. The number of halogens is 2. The first-order valence-electron chi connectivity index (χ1n) is 6.80. The lowest BCUT2D eigenvalue weighted by Gasteiger charge is -2.37. The first kappa shape index (κ1) is 15.2. The summed E-state index contributed by atoms with van der Waals surface area (Å²) < 4.78 is 6.63. The number of aromatic nitrogens is 2. The lowest BCUT2D eigenvalue weighted by Crippen LogP contribution is -2.36. The van der Waals surface area contributed by atoms with E-state index in [1.54, 1.807) is 7.11 Å². The molecule has 0 N–H and O–H groups in total. The van der Waals surface area contributed by atoms with Crippen molar-refractivity contribution in [2.24, 2.45) is 5.92 Å². The summed E-state index contributed by atoms with van der Waals surface area (Å²) in [7, 11) is 1.75. The molecule has 2 rings (SSSR count). The van der Waals surface area contributed by atoms with Gasteiger partial charge in [-0.1, -0.05) is 31.9 Å². The zero-order valence-electron chi connectivity index (χ0n) is 11.7. The van der Waals surface area contributed by atoms with Crippen molar-refractivity contribution in [3.63, 3.8) is 0 Å². The van der Waals surface area contributed by atoms with Gasteiger partial charge >= 0.3 is 0 Å². The van der Waals surface area contributed by atoms with Crippen molar-refractivity contribution in [1.82, 2.24) is 9.97 Å². The van der Waals surface area contributed by atoms with Crippen LogP contribution in [-0.4, -0.2) is 17.1 Å². The van der Waals surface area contributed by atoms with E-state index in [2.05, 4.69) is 39.7 Å². The Labute approximate surface area is 128 Å². The summed E-state index contributed by atoms with van der Waals surface area (Å²) in [5.41, 5.74) is 0.580. The molecule has 0 saturated heterocycles. The quantitative estimate of drug-likeness (QED) is 0.755. The van der Waals surface area contributed by atoms with Crippen LogP contribution in [0.2, 0.25) is 5.15 Å². The van der Waals surface area contributed by atoms with Crippen molar-refractivity contribution in [3.05, 3.63) is 21.1 Å². The fourth-order valence-electron chi connectivity index (χ4n) is 2.88. The molecule has 1 heterocycles. The van der Waals surface area contributed by atoms with Crippen LogP contribution in [0.25, 0.3) is 0 Å². The number of methoxy groups -OCH3 is 1. The maximum atomic E-state index is 6.22. The second kappa shape index (κ2) is 6.06. The lowest BCUT2D eigenvalue weighted by atomic mass is 9.78. The van der Waals surface area contributed by atoms with E-state index in [0.29, 0.717) is 11.1 Å². The van der Waals surface area contributed by atoms with E-state index in [9.17, 15) is 0 Å². The van der Waals surface area contributed by atoms with Gasteiger partial charge in [-0.2, -0.15) is 0 Å². The smallest absolute Gasteiger partial charge is 0.162 e. The van der Waals surface area contributed by atoms with Gasteiger partial charge in [-0.3, -0.25) is 0 Å². The minimum absolute atomic E-state index is 0.369. The van der Waals surface area contributed by atoms with Crippen molar-refractivity contribution in [2.45, 2.75) is 51.6 Å². The van der Waals surface area contributed by atoms with Gasteiger partial charge in [0.25, 0.3) is 0 Å². The molecule has 0 aliphatic heterocycles. The zero-order valence-corrected chi connectivity index (χ0v) is 14.0. The fraction of sp³-hybridized carbons (Fsp3) is 0.714. The SMILES string of the molecule is CCc1nc(C2(OC)CCCC(C)C2)nc(Cl)c1Br. The average Bonchev–Trinajstić information content (AvgIpc) is 2.41. The number of hydrogen-bond donors (Lipinski definition) is 0. The molecule has 19 heavy (non-hydrogen) atoms. The maximum absolute atomic E-state index is 6.22. The Bertz CT molecular complexity index is 469. The highest BCUT2D eigenvalue weighted by Gasteiger charge is 2.40. The predicted octanol–water partition coefficient (Wildman–Crippen LogP) is 4.51. The molecule has 0 aromatic carbocycles. The number of ether oxygens (including phenoxy) is 1. The molecule has 1 saturated carbocycles. The maximum Gasteiger partial charge on any atom is 0.162 e. The normalized spacial score (nSPS) is 27.5. The van der Waals surface area contributed by atoms with Gasteiger partial charge in [0, 0.05) is 7.11 Å². The zero-order chi connectivity index (χ0) is 14.0. The van der Waals surface area contributed by atoms with Gasteiger partial charge in [0.1, 0.15) is 10.8 Å². The van der Waals surface area contributed by atoms with Gasteiger partial charge in [0.05, 0.1) is 10.2 Å². The summed E-state index contributed by atoms with van der Waals surface area (Å²) in [5, 5.41) is 0.483. The Kier molecular flexibility index (Phi) is 4.85. The molecule has 5 heteroatoms. The standard InChI is InChI=1S/C14H20BrClN2O/c1-4-10-11(15)12(16)18-13(17-10)14(19-3)7-5-6-9(2)8-14/h9H,4-8H2,1-3H3. The third-order valence-corrected chi connectivity index (χ3v) is 5.30. The molecule has 106 valence electrons. The van der Waals surface area contributed by atoms with E-state index in [1.165, 1.54) is 6.42 Å². The Hall–Kier alpha value is -0.190. The van der Waals surface area contributed by atoms with E-state index < -0.39 is 0 Å². The minimum Gasteiger partial charge on any atom is -0.370 e. The molecule has 0 radical (unpaired) electrons. The van der Waals surface area contributed by atoms with Crippen LogP contribution in [0.5, 0.6) is 0 Å². The van der Waals surface area contributed by atoms with Crippen molar-refractivity contribution < 1.29 is 4.74 Å². The molecule has 1 aromatic heterocycles. The number of aryl methyl sites for hydroxylation is 1. The summed E-state index contributed by atoms with van der Waals surface area (Å²) >= 11 is 9.67. The van der Waals surface area contributed by atoms with Crippen LogP contribution in [0.3, 0.4) is 0 Å². The van der Waals surface area contributed by atoms with Crippen LogP contribution in [-0.2, 0) is 16.8 Å². The number of nitrogens with zero attached hydrogens (tertiary/aromatic N) is 2. The van der Waals surface area contributed by atoms with Crippen LogP contribution in [0.4, 0.5) is 0 Å². The van der Waals surface area contributed by atoms with Gasteiger partial charge in [-0.25, -0.2) is 9.97 Å². The lowest BCUT2D eigenvalue weighted by molar-refractivity contribution is -0.0647. The van der Waals surface area contributed by atoms with Gasteiger partial charge < -0.3 is 4.74 Å². The summed E-state index contributed by atoms with van der Waals surface area (Å²) in [6.45, 7) is 4.32. The predicted molar refractivity (Wildman–Crippen MR) is 80.4 cm³/mol. The van der Waals surface area contributed by atoms with E-state index in [0.717, 1.165) is 41.7 Å². The average molecular weight is 348 g/mol. The van der Waals surface area contributed by atoms with Crippen LogP contribution >= 0.6 is 27.5 Å². The first-order chi connectivity index (χ1) is 9.02. The van der Waals surface area contributed by atoms with Gasteiger partial charge in [-0.05, 0) is 47.5 Å². The van der Waals surface area contributed by atoms with Crippen molar-refractivity contribution in [2.75, 3.05) is 7.11 Å². The molecule has 2 unspecified atom stereocenters. The Morgan fingerprint density at radius 2 is 2.21 bits per heavy atom. The Morgan fingerprint density at radius 1 is 1.47 bits per heavy atom. The van der Waals surface area contributed by atoms with Crippen molar-refractivity contribution in [1.29, 1.82) is 0 Å². The number of rotatable bonds is 3. The summed E-state index contributed by atoms with van der Waals surface area (Å²) in [6, 6.07) is 0.